The molecule has 0 radical (unpaired) electrons. The third-order valence-corrected chi connectivity index (χ3v) is 4.82. The lowest BCUT2D eigenvalue weighted by atomic mass is 10.1. The van der Waals surface area contributed by atoms with Crippen LogP contribution in [0.2, 0.25) is 0 Å². The Kier molecular flexibility index (Phi) is 6.14. The van der Waals surface area contributed by atoms with Crippen LogP contribution in [0.3, 0.4) is 0 Å². The number of benzene rings is 1. The summed E-state index contributed by atoms with van der Waals surface area (Å²) in [6.45, 7) is 3.66. The molecule has 1 unspecified atom stereocenters. The first-order chi connectivity index (χ1) is 12.0. The van der Waals surface area contributed by atoms with E-state index in [2.05, 4.69) is 16.4 Å². The highest BCUT2D eigenvalue weighted by molar-refractivity contribution is 8.00. The number of carbonyl (C=O) groups excluding carboxylic acids is 1. The van der Waals surface area contributed by atoms with Gasteiger partial charge in [0.25, 0.3) is 0 Å². The van der Waals surface area contributed by atoms with Crippen LogP contribution in [0.15, 0.2) is 41.4 Å². The molecule has 1 amide bonds. The van der Waals surface area contributed by atoms with Gasteiger partial charge in [-0.15, -0.1) is 0 Å². The van der Waals surface area contributed by atoms with Crippen molar-refractivity contribution in [1.29, 1.82) is 5.26 Å². The standard InChI is InChI=1S/C18H17N3O3S/c1-3-15(25-17-12(10-19)9-8-11(2)20-17)16(22)21-14-7-5-4-6-13(14)18(23)24/h4-9,15H,3H2,1-2H3,(H,21,22)(H,23,24). The van der Waals surface area contributed by atoms with Crippen LogP contribution in [0.4, 0.5) is 5.69 Å². The number of nitrogens with zero attached hydrogens (tertiary/aromatic N) is 2. The Morgan fingerprint density at radius 2 is 2.04 bits per heavy atom. The van der Waals surface area contributed by atoms with Crippen molar-refractivity contribution in [3.8, 4) is 6.07 Å². The zero-order valence-electron chi connectivity index (χ0n) is 13.8. The molecular formula is C18H17N3O3S. The highest BCUT2D eigenvalue weighted by atomic mass is 32.2. The maximum Gasteiger partial charge on any atom is 0.337 e. The van der Waals surface area contributed by atoms with Gasteiger partial charge in [-0.1, -0.05) is 30.8 Å². The van der Waals surface area contributed by atoms with E-state index in [0.717, 1.165) is 5.69 Å². The van der Waals surface area contributed by atoms with Crippen LogP contribution >= 0.6 is 11.8 Å². The summed E-state index contributed by atoms with van der Waals surface area (Å²) in [5, 5.41) is 21.1. The minimum atomic E-state index is -1.11. The minimum absolute atomic E-state index is 0.0297. The highest BCUT2D eigenvalue weighted by Gasteiger charge is 2.22. The topological polar surface area (TPSA) is 103 Å². The zero-order valence-corrected chi connectivity index (χ0v) is 14.6. The van der Waals surface area contributed by atoms with Crippen molar-refractivity contribution in [1.82, 2.24) is 4.98 Å². The Morgan fingerprint density at radius 1 is 1.32 bits per heavy atom. The Morgan fingerprint density at radius 3 is 2.68 bits per heavy atom. The second-order valence-corrected chi connectivity index (χ2v) is 6.46. The lowest BCUT2D eigenvalue weighted by Gasteiger charge is -2.16. The quantitative estimate of drug-likeness (QED) is 0.769. The van der Waals surface area contributed by atoms with E-state index in [1.54, 1.807) is 30.3 Å². The van der Waals surface area contributed by atoms with Crippen molar-refractivity contribution in [3.05, 3.63) is 53.2 Å². The number of carboxylic acid groups (broad SMARTS) is 1. The number of nitriles is 1. The number of aromatic nitrogens is 1. The van der Waals surface area contributed by atoms with Gasteiger partial charge in [-0.25, -0.2) is 9.78 Å². The van der Waals surface area contributed by atoms with Crippen LogP contribution in [0.25, 0.3) is 0 Å². The van der Waals surface area contributed by atoms with Gasteiger partial charge in [0.05, 0.1) is 22.1 Å². The fourth-order valence-electron chi connectivity index (χ4n) is 2.16. The fraction of sp³-hybridized carbons (Fsp3) is 0.222. The third-order valence-electron chi connectivity index (χ3n) is 3.45. The molecule has 0 aliphatic rings. The molecule has 1 atom stereocenters. The van der Waals surface area contributed by atoms with Crippen LogP contribution in [0.1, 0.15) is 35.0 Å². The Balaban J connectivity index is 2.22. The molecular weight excluding hydrogens is 338 g/mol. The number of carbonyl (C=O) groups is 2. The Hall–Kier alpha value is -2.85. The number of nitrogens with one attached hydrogen (secondary N) is 1. The molecule has 0 spiro atoms. The summed E-state index contributed by atoms with van der Waals surface area (Å²) in [5.41, 5.74) is 1.44. The summed E-state index contributed by atoms with van der Waals surface area (Å²) >= 11 is 1.20. The number of aromatic carboxylic acids is 1. The molecule has 1 aromatic carbocycles. The first kappa shape index (κ1) is 18.5. The van der Waals surface area contributed by atoms with Gasteiger partial charge < -0.3 is 10.4 Å². The number of para-hydroxylation sites is 1. The Bertz CT molecular complexity index is 846. The van der Waals surface area contributed by atoms with Gasteiger partial charge in [0.1, 0.15) is 11.1 Å². The van der Waals surface area contributed by atoms with E-state index in [-0.39, 0.29) is 17.2 Å². The number of rotatable bonds is 6. The number of thioether (sulfide) groups is 1. The smallest absolute Gasteiger partial charge is 0.337 e. The average Bonchev–Trinajstić information content (AvgIpc) is 2.60. The van der Waals surface area contributed by atoms with Crippen molar-refractivity contribution in [3.63, 3.8) is 0 Å². The SMILES string of the molecule is CCC(Sc1nc(C)ccc1C#N)C(=O)Nc1ccccc1C(=O)O. The second-order valence-electron chi connectivity index (χ2n) is 5.27. The number of hydrogen-bond donors (Lipinski definition) is 2. The molecule has 2 N–H and O–H groups in total. The van der Waals surface area contributed by atoms with Crippen molar-refractivity contribution >= 4 is 29.3 Å². The summed E-state index contributed by atoms with van der Waals surface area (Å²) < 4.78 is 0. The van der Waals surface area contributed by atoms with E-state index < -0.39 is 11.2 Å². The number of carboxylic acids is 1. The maximum absolute atomic E-state index is 12.6. The van der Waals surface area contributed by atoms with E-state index in [1.165, 1.54) is 17.8 Å². The summed E-state index contributed by atoms with van der Waals surface area (Å²) in [7, 11) is 0. The van der Waals surface area contributed by atoms with Gasteiger partial charge >= 0.3 is 5.97 Å². The number of hydrogen-bond acceptors (Lipinski definition) is 5. The molecule has 1 heterocycles. The van der Waals surface area contributed by atoms with Crippen LogP contribution in [0.5, 0.6) is 0 Å². The highest BCUT2D eigenvalue weighted by Crippen LogP contribution is 2.28. The number of anilines is 1. The van der Waals surface area contributed by atoms with Crippen LogP contribution in [-0.4, -0.2) is 27.2 Å². The van der Waals surface area contributed by atoms with Gasteiger partial charge in [-0.2, -0.15) is 5.26 Å². The van der Waals surface area contributed by atoms with E-state index in [9.17, 15) is 20.0 Å². The molecule has 2 aromatic rings. The molecule has 0 aliphatic heterocycles. The lowest BCUT2D eigenvalue weighted by Crippen LogP contribution is -2.25. The van der Waals surface area contributed by atoms with E-state index in [1.807, 2.05) is 13.8 Å². The first-order valence-corrected chi connectivity index (χ1v) is 8.51. The molecule has 7 heteroatoms. The van der Waals surface area contributed by atoms with Crippen molar-refractivity contribution in [2.24, 2.45) is 0 Å². The summed E-state index contributed by atoms with van der Waals surface area (Å²) in [4.78, 5) is 28.2. The monoisotopic (exact) mass is 355 g/mol. The van der Waals surface area contributed by atoms with E-state index >= 15 is 0 Å². The van der Waals surface area contributed by atoms with Crippen molar-refractivity contribution in [2.45, 2.75) is 30.5 Å². The molecule has 128 valence electrons. The molecule has 1 aromatic heterocycles. The van der Waals surface area contributed by atoms with Crippen LogP contribution < -0.4 is 5.32 Å². The molecule has 25 heavy (non-hydrogen) atoms. The molecule has 0 aliphatic carbocycles. The van der Waals surface area contributed by atoms with Gasteiger partial charge in [0, 0.05) is 5.69 Å². The second kappa shape index (κ2) is 8.31. The van der Waals surface area contributed by atoms with Gasteiger partial charge in [0.2, 0.25) is 5.91 Å². The van der Waals surface area contributed by atoms with Crippen molar-refractivity contribution < 1.29 is 14.7 Å². The summed E-state index contributed by atoms with van der Waals surface area (Å²) in [6, 6.07) is 11.7. The van der Waals surface area contributed by atoms with Gasteiger partial charge in [-0.3, -0.25) is 4.79 Å². The normalized spacial score (nSPS) is 11.4. The largest absolute Gasteiger partial charge is 0.478 e. The predicted molar refractivity (Wildman–Crippen MR) is 95.7 cm³/mol. The molecule has 0 saturated carbocycles. The van der Waals surface area contributed by atoms with Gasteiger partial charge in [0.15, 0.2) is 0 Å². The third kappa shape index (κ3) is 4.58. The summed E-state index contributed by atoms with van der Waals surface area (Å²) in [6.07, 6.45) is 0.506. The Labute approximate surface area is 149 Å². The summed E-state index contributed by atoms with van der Waals surface area (Å²) in [5.74, 6) is -1.43. The zero-order chi connectivity index (χ0) is 18.4. The molecule has 0 saturated heterocycles. The van der Waals surface area contributed by atoms with Crippen molar-refractivity contribution in [2.75, 3.05) is 5.32 Å². The number of aryl methyl sites for hydroxylation is 1. The number of pyridine rings is 1. The molecule has 6 nitrogen and oxygen atoms in total. The van der Waals surface area contributed by atoms with Gasteiger partial charge in [-0.05, 0) is 37.6 Å². The van der Waals surface area contributed by atoms with Crippen LogP contribution in [0, 0.1) is 18.3 Å². The predicted octanol–water partition coefficient (Wildman–Crippen LogP) is 3.47. The van der Waals surface area contributed by atoms with Crippen LogP contribution in [-0.2, 0) is 4.79 Å². The number of amides is 1. The van der Waals surface area contributed by atoms with E-state index in [4.69, 9.17) is 0 Å². The lowest BCUT2D eigenvalue weighted by molar-refractivity contribution is -0.115. The molecule has 0 bridgehead atoms. The van der Waals surface area contributed by atoms with E-state index in [0.29, 0.717) is 17.0 Å². The molecule has 2 rings (SSSR count). The first-order valence-electron chi connectivity index (χ1n) is 7.63. The minimum Gasteiger partial charge on any atom is -0.478 e. The maximum atomic E-state index is 12.6. The molecule has 0 fully saturated rings. The average molecular weight is 355 g/mol. The fourth-order valence-corrected chi connectivity index (χ4v) is 3.20.